The summed E-state index contributed by atoms with van der Waals surface area (Å²) in [5.41, 5.74) is 3.18. The van der Waals surface area contributed by atoms with Gasteiger partial charge in [-0.05, 0) is 80.6 Å². The van der Waals surface area contributed by atoms with Crippen LogP contribution in [0.4, 0.5) is 0 Å². The van der Waals surface area contributed by atoms with Gasteiger partial charge in [0.2, 0.25) is 5.91 Å². The van der Waals surface area contributed by atoms with Crippen LogP contribution in [0, 0.1) is 0 Å². The maximum absolute atomic E-state index is 13.3. The summed E-state index contributed by atoms with van der Waals surface area (Å²) < 4.78 is 6.19. The van der Waals surface area contributed by atoms with Crippen LogP contribution < -0.4 is 10.1 Å². The third kappa shape index (κ3) is 7.31. The molecule has 0 fully saturated rings. The fourth-order valence-electron chi connectivity index (χ4n) is 5.23. The van der Waals surface area contributed by atoms with E-state index in [-0.39, 0.29) is 12.2 Å². The second kappa shape index (κ2) is 12.8. The lowest BCUT2D eigenvalue weighted by Crippen LogP contribution is -2.34. The van der Waals surface area contributed by atoms with Crippen LogP contribution in [0.15, 0.2) is 90.0 Å². The van der Waals surface area contributed by atoms with Gasteiger partial charge in [0.25, 0.3) is 0 Å². The number of rotatable bonds is 10. The number of nitrogens with zero attached hydrogens (tertiary/aromatic N) is 1. The number of benzene rings is 3. The lowest BCUT2D eigenvalue weighted by molar-refractivity contribution is -0.133. The first-order valence-electron chi connectivity index (χ1n) is 14.1. The molecule has 3 N–H and O–H groups in total. The van der Waals surface area contributed by atoms with Gasteiger partial charge in [0, 0.05) is 27.1 Å². The van der Waals surface area contributed by atoms with Gasteiger partial charge in [0.15, 0.2) is 0 Å². The molecule has 1 unspecified atom stereocenters. The first kappa shape index (κ1) is 30.0. The third-order valence-electron chi connectivity index (χ3n) is 7.44. The van der Waals surface area contributed by atoms with Gasteiger partial charge in [0.05, 0.1) is 22.9 Å². The molecule has 1 amide bonds. The molecule has 0 aliphatic heterocycles. The molecule has 0 saturated carbocycles. The molecule has 1 atom stereocenters. The topological polar surface area (TPSA) is 109 Å². The van der Waals surface area contributed by atoms with E-state index in [1.165, 1.54) is 0 Å². The maximum Gasteiger partial charge on any atom is 0.332 e. The summed E-state index contributed by atoms with van der Waals surface area (Å²) >= 11 is 6.15. The first-order valence-corrected chi connectivity index (χ1v) is 14.5. The Morgan fingerprint density at radius 2 is 1.77 bits per heavy atom. The number of carbonyl (C=O) groups excluding carboxylic acids is 1. The summed E-state index contributed by atoms with van der Waals surface area (Å²) in [7, 11) is 0. The number of carboxylic acid groups (broad SMARTS) is 1. The molecule has 7 nitrogen and oxygen atoms in total. The predicted molar refractivity (Wildman–Crippen MR) is 169 cm³/mol. The van der Waals surface area contributed by atoms with Crippen molar-refractivity contribution in [2.24, 2.45) is 0 Å². The van der Waals surface area contributed by atoms with Crippen molar-refractivity contribution in [2.75, 3.05) is 6.61 Å². The van der Waals surface area contributed by atoms with Crippen LogP contribution in [0.5, 0.6) is 5.75 Å². The fourth-order valence-corrected chi connectivity index (χ4v) is 5.39. The number of para-hydroxylation sites is 1. The van der Waals surface area contributed by atoms with Crippen molar-refractivity contribution in [3.05, 3.63) is 117 Å². The van der Waals surface area contributed by atoms with Crippen molar-refractivity contribution in [1.29, 1.82) is 0 Å². The van der Waals surface area contributed by atoms with Crippen molar-refractivity contribution in [1.82, 2.24) is 10.3 Å². The summed E-state index contributed by atoms with van der Waals surface area (Å²) in [6.45, 7) is 3.43. The van der Waals surface area contributed by atoms with Gasteiger partial charge in [-0.3, -0.25) is 4.79 Å². The first-order chi connectivity index (χ1) is 20.6. The zero-order valence-corrected chi connectivity index (χ0v) is 24.8. The van der Waals surface area contributed by atoms with E-state index in [0.717, 1.165) is 27.7 Å². The van der Waals surface area contributed by atoms with Gasteiger partial charge >= 0.3 is 5.97 Å². The third-order valence-corrected chi connectivity index (χ3v) is 7.68. The SMILES string of the molecule is CC(C)(O)c1ccccc1OCC(NC(=O)C1=C(C(=O)O)CCC1)c1cccc(/C=C/c2ccc3ccc(Cl)cc3n2)c1. The van der Waals surface area contributed by atoms with Gasteiger partial charge in [-0.15, -0.1) is 0 Å². The quantitative estimate of drug-likeness (QED) is 0.180. The second-order valence-electron chi connectivity index (χ2n) is 11.1. The highest BCUT2D eigenvalue weighted by molar-refractivity contribution is 6.31. The molecule has 0 spiro atoms. The molecular formula is C35H33ClN2O5. The Bertz CT molecular complexity index is 1740. The summed E-state index contributed by atoms with van der Waals surface area (Å²) in [6, 6.07) is 23.8. The Hall–Kier alpha value is -4.46. The van der Waals surface area contributed by atoms with Gasteiger partial charge in [-0.2, -0.15) is 0 Å². The number of carboxylic acids is 1. The largest absolute Gasteiger partial charge is 0.491 e. The number of aromatic nitrogens is 1. The van der Waals surface area contributed by atoms with Crippen molar-refractivity contribution in [3.63, 3.8) is 0 Å². The molecule has 0 saturated heterocycles. The van der Waals surface area contributed by atoms with Gasteiger partial charge in [0.1, 0.15) is 12.4 Å². The molecule has 1 aliphatic rings. The Balaban J connectivity index is 1.43. The Kier molecular flexibility index (Phi) is 8.94. The highest BCUT2D eigenvalue weighted by atomic mass is 35.5. The number of ether oxygens (including phenoxy) is 1. The summed E-state index contributed by atoms with van der Waals surface area (Å²) in [6.07, 6.45) is 5.25. The minimum atomic E-state index is -1.13. The Morgan fingerprint density at radius 3 is 2.56 bits per heavy atom. The molecule has 220 valence electrons. The van der Waals surface area contributed by atoms with Crippen molar-refractivity contribution < 1.29 is 24.5 Å². The average Bonchev–Trinajstić information content (AvgIpc) is 3.49. The van der Waals surface area contributed by atoms with E-state index in [1.54, 1.807) is 26.0 Å². The fraction of sp³-hybridized carbons (Fsp3) is 0.229. The number of hydrogen-bond donors (Lipinski definition) is 3. The van der Waals surface area contributed by atoms with Crippen molar-refractivity contribution in [3.8, 4) is 5.75 Å². The Morgan fingerprint density at radius 1 is 1.00 bits per heavy atom. The van der Waals surface area contributed by atoms with Crippen LogP contribution in [0.2, 0.25) is 5.02 Å². The van der Waals surface area contributed by atoms with Crippen molar-refractivity contribution >= 4 is 46.5 Å². The monoisotopic (exact) mass is 596 g/mol. The van der Waals surface area contributed by atoms with Crippen LogP contribution in [0.3, 0.4) is 0 Å². The predicted octanol–water partition coefficient (Wildman–Crippen LogP) is 7.09. The van der Waals surface area contributed by atoms with Crippen LogP contribution in [-0.2, 0) is 15.2 Å². The standard InChI is InChI=1S/C35H33ClN2O5/c1-35(2,42)29-11-3-4-12-32(29)43-21-31(38-33(39)27-9-6-10-28(27)34(40)41)24-8-5-7-22(19-24)13-17-26-18-15-23-14-16-25(36)20-30(23)37-26/h3-5,7-8,11-20,31,42H,6,9-10,21H2,1-2H3,(H,38,39)(H,40,41)/b17-13+. The molecular weight excluding hydrogens is 564 g/mol. The van der Waals surface area contributed by atoms with Crippen LogP contribution in [-0.4, -0.2) is 33.7 Å². The van der Waals surface area contributed by atoms with E-state index in [4.69, 9.17) is 16.3 Å². The molecule has 5 rings (SSSR count). The van der Waals surface area contributed by atoms with E-state index in [2.05, 4.69) is 10.3 Å². The van der Waals surface area contributed by atoms with Gasteiger partial charge < -0.3 is 20.3 Å². The zero-order valence-electron chi connectivity index (χ0n) is 24.0. The number of halogens is 1. The van der Waals surface area contributed by atoms with Gasteiger partial charge in [-0.1, -0.05) is 66.2 Å². The van der Waals surface area contributed by atoms with E-state index in [0.29, 0.717) is 41.2 Å². The lowest BCUT2D eigenvalue weighted by atomic mass is 9.97. The van der Waals surface area contributed by atoms with E-state index in [1.807, 2.05) is 78.9 Å². The number of aliphatic carboxylic acids is 1. The van der Waals surface area contributed by atoms with E-state index >= 15 is 0 Å². The molecule has 0 radical (unpaired) electrons. The van der Waals surface area contributed by atoms with E-state index < -0.39 is 23.5 Å². The minimum absolute atomic E-state index is 0.0642. The van der Waals surface area contributed by atoms with Crippen LogP contribution >= 0.6 is 11.6 Å². The maximum atomic E-state index is 13.3. The molecule has 0 bridgehead atoms. The molecule has 8 heteroatoms. The smallest absolute Gasteiger partial charge is 0.332 e. The number of amides is 1. The van der Waals surface area contributed by atoms with E-state index in [9.17, 15) is 19.8 Å². The molecule has 1 aliphatic carbocycles. The molecule has 1 aromatic heterocycles. The number of fused-ring (bicyclic) bond motifs is 1. The second-order valence-corrected chi connectivity index (χ2v) is 11.5. The number of nitrogens with one attached hydrogen (secondary N) is 1. The average molecular weight is 597 g/mol. The highest BCUT2D eigenvalue weighted by Crippen LogP contribution is 2.31. The van der Waals surface area contributed by atoms with Crippen LogP contribution in [0.1, 0.15) is 61.5 Å². The summed E-state index contributed by atoms with van der Waals surface area (Å²) in [4.78, 5) is 29.8. The zero-order chi connectivity index (χ0) is 30.6. The molecule has 4 aromatic rings. The number of pyridine rings is 1. The lowest BCUT2D eigenvalue weighted by Gasteiger charge is -2.25. The normalized spacial score (nSPS) is 14.3. The van der Waals surface area contributed by atoms with Gasteiger partial charge in [-0.25, -0.2) is 9.78 Å². The Labute approximate surface area is 255 Å². The number of aliphatic hydroxyl groups is 1. The molecule has 1 heterocycles. The summed E-state index contributed by atoms with van der Waals surface area (Å²) in [5.74, 6) is -0.982. The minimum Gasteiger partial charge on any atom is -0.491 e. The number of carbonyl (C=O) groups is 2. The molecule has 43 heavy (non-hydrogen) atoms. The summed E-state index contributed by atoms with van der Waals surface area (Å²) in [5, 5.41) is 24.9. The highest BCUT2D eigenvalue weighted by Gasteiger charge is 2.28. The number of hydrogen-bond acceptors (Lipinski definition) is 5. The van der Waals surface area contributed by atoms with Crippen molar-refractivity contribution in [2.45, 2.75) is 44.8 Å². The molecule has 3 aromatic carbocycles. The van der Waals surface area contributed by atoms with Crippen LogP contribution in [0.25, 0.3) is 23.1 Å².